The summed E-state index contributed by atoms with van der Waals surface area (Å²) in [5.41, 5.74) is 0.640. The summed E-state index contributed by atoms with van der Waals surface area (Å²) in [5.74, 6) is -0.937. The summed E-state index contributed by atoms with van der Waals surface area (Å²) < 4.78 is 0. The average molecular weight is 232 g/mol. The first kappa shape index (κ1) is 13.0. The van der Waals surface area contributed by atoms with Crippen LogP contribution in [0.5, 0.6) is 0 Å². The van der Waals surface area contributed by atoms with Gasteiger partial charge >= 0.3 is 0 Å². The first-order chi connectivity index (χ1) is 7.88. The molecule has 0 aliphatic rings. The number of carbonyl (C=O) groups excluding carboxylic acids is 4. The molecule has 0 fully saturated rings. The molecule has 0 aromatic heterocycles. The quantitative estimate of drug-likeness (QED) is 0.589. The molecule has 17 heavy (non-hydrogen) atoms. The number of benzene rings is 1. The molecule has 0 amide bonds. The molecule has 4 nitrogen and oxygen atoms in total. The van der Waals surface area contributed by atoms with Crippen LogP contribution in [0.3, 0.4) is 0 Å². The Kier molecular flexibility index (Phi) is 3.68. The molecule has 0 saturated heterocycles. The summed E-state index contributed by atoms with van der Waals surface area (Å²) in [6.45, 7) is 3.93. The Bertz CT molecular complexity index is 526. The monoisotopic (exact) mass is 232 g/mol. The van der Waals surface area contributed by atoms with Crippen molar-refractivity contribution in [3.05, 3.63) is 34.4 Å². The zero-order chi connectivity index (χ0) is 13.2. The standard InChI is InChI=1S/C13H12O4/c1-7(15)11-5-13(9(3)17)12(8(2)16)4-10(11)6-14/h4-6H,1-3H3. The van der Waals surface area contributed by atoms with Crippen LogP contribution in [0.1, 0.15) is 62.2 Å². The van der Waals surface area contributed by atoms with Crippen molar-refractivity contribution in [2.75, 3.05) is 0 Å². The Morgan fingerprint density at radius 1 is 0.824 bits per heavy atom. The van der Waals surface area contributed by atoms with Crippen LogP contribution in [0.4, 0.5) is 0 Å². The fraction of sp³-hybridized carbons (Fsp3) is 0.231. The Balaban J connectivity index is 3.65. The van der Waals surface area contributed by atoms with Crippen molar-refractivity contribution in [1.82, 2.24) is 0 Å². The largest absolute Gasteiger partial charge is 0.298 e. The minimum Gasteiger partial charge on any atom is -0.298 e. The van der Waals surface area contributed by atoms with E-state index in [4.69, 9.17) is 0 Å². The first-order valence-corrected chi connectivity index (χ1v) is 5.04. The van der Waals surface area contributed by atoms with Crippen molar-refractivity contribution in [3.63, 3.8) is 0 Å². The van der Waals surface area contributed by atoms with Crippen LogP contribution in [-0.2, 0) is 0 Å². The molecule has 88 valence electrons. The molecule has 0 aliphatic heterocycles. The van der Waals surface area contributed by atoms with Crippen molar-refractivity contribution in [2.24, 2.45) is 0 Å². The summed E-state index contributed by atoms with van der Waals surface area (Å²) in [7, 11) is 0. The van der Waals surface area contributed by atoms with E-state index in [1.165, 1.54) is 32.9 Å². The van der Waals surface area contributed by atoms with Crippen molar-refractivity contribution in [3.8, 4) is 0 Å². The van der Waals surface area contributed by atoms with Gasteiger partial charge < -0.3 is 0 Å². The van der Waals surface area contributed by atoms with E-state index in [9.17, 15) is 19.2 Å². The molecular weight excluding hydrogens is 220 g/mol. The Morgan fingerprint density at radius 2 is 1.24 bits per heavy atom. The molecule has 1 rings (SSSR count). The zero-order valence-corrected chi connectivity index (χ0v) is 9.87. The molecule has 0 aliphatic carbocycles. The van der Waals surface area contributed by atoms with E-state index in [1.54, 1.807) is 0 Å². The van der Waals surface area contributed by atoms with Crippen molar-refractivity contribution in [1.29, 1.82) is 0 Å². The number of carbonyl (C=O) groups is 4. The van der Waals surface area contributed by atoms with E-state index < -0.39 is 0 Å². The van der Waals surface area contributed by atoms with Crippen molar-refractivity contribution < 1.29 is 19.2 Å². The van der Waals surface area contributed by atoms with Gasteiger partial charge in [0.2, 0.25) is 0 Å². The molecule has 4 heteroatoms. The molecule has 0 spiro atoms. The molecule has 0 N–H and O–H groups in total. The molecule has 0 bridgehead atoms. The molecule has 1 aromatic carbocycles. The third-order valence-corrected chi connectivity index (χ3v) is 2.45. The van der Waals surface area contributed by atoms with Crippen LogP contribution in [0.2, 0.25) is 0 Å². The zero-order valence-electron chi connectivity index (χ0n) is 9.87. The second-order valence-corrected chi connectivity index (χ2v) is 3.77. The smallest absolute Gasteiger partial charge is 0.160 e. The maximum atomic E-state index is 11.4. The highest BCUT2D eigenvalue weighted by molar-refractivity contribution is 6.11. The predicted octanol–water partition coefficient (Wildman–Crippen LogP) is 2.11. The van der Waals surface area contributed by atoms with Gasteiger partial charge in [-0.2, -0.15) is 0 Å². The topological polar surface area (TPSA) is 68.3 Å². The minimum atomic E-state index is -0.315. The molecule has 1 aromatic rings. The van der Waals surface area contributed by atoms with E-state index in [-0.39, 0.29) is 39.6 Å². The lowest BCUT2D eigenvalue weighted by Crippen LogP contribution is -2.09. The van der Waals surface area contributed by atoms with Crippen molar-refractivity contribution in [2.45, 2.75) is 20.8 Å². The molecular formula is C13H12O4. The second kappa shape index (κ2) is 4.82. The maximum absolute atomic E-state index is 11.4. The minimum absolute atomic E-state index is 0.132. The number of aldehydes is 1. The highest BCUT2D eigenvalue weighted by Crippen LogP contribution is 2.18. The molecule has 0 saturated carbocycles. The van der Waals surface area contributed by atoms with Crippen LogP contribution in [0.15, 0.2) is 12.1 Å². The summed E-state index contributed by atoms with van der Waals surface area (Å²) in [5, 5.41) is 0. The molecule has 0 unspecified atom stereocenters. The highest BCUT2D eigenvalue weighted by atomic mass is 16.1. The molecule has 0 atom stereocenters. The average Bonchev–Trinajstić information content (AvgIpc) is 2.26. The van der Waals surface area contributed by atoms with Gasteiger partial charge in [0.25, 0.3) is 0 Å². The number of hydrogen-bond donors (Lipinski definition) is 0. The van der Waals surface area contributed by atoms with Crippen LogP contribution >= 0.6 is 0 Å². The highest BCUT2D eigenvalue weighted by Gasteiger charge is 2.17. The van der Waals surface area contributed by atoms with Gasteiger partial charge in [0.15, 0.2) is 23.6 Å². The van der Waals surface area contributed by atoms with E-state index in [2.05, 4.69) is 0 Å². The lowest BCUT2D eigenvalue weighted by molar-refractivity contribution is 0.0978. The molecule has 0 radical (unpaired) electrons. The summed E-state index contributed by atoms with van der Waals surface area (Å²) in [4.78, 5) is 44.9. The van der Waals surface area contributed by atoms with Crippen molar-refractivity contribution >= 4 is 23.6 Å². The number of rotatable bonds is 4. The first-order valence-electron chi connectivity index (χ1n) is 5.04. The normalized spacial score (nSPS) is 9.82. The van der Waals surface area contributed by atoms with E-state index in [0.717, 1.165) is 0 Å². The van der Waals surface area contributed by atoms with E-state index >= 15 is 0 Å². The third-order valence-electron chi connectivity index (χ3n) is 2.45. The van der Waals surface area contributed by atoms with E-state index in [0.29, 0.717) is 6.29 Å². The number of Topliss-reactive ketones (excluding diaryl/α,β-unsaturated/α-hetero) is 3. The second-order valence-electron chi connectivity index (χ2n) is 3.77. The number of hydrogen-bond acceptors (Lipinski definition) is 4. The summed E-state index contributed by atoms with van der Waals surface area (Å²) in [6, 6.07) is 2.61. The van der Waals surface area contributed by atoms with Gasteiger partial charge in [-0.05, 0) is 32.9 Å². The van der Waals surface area contributed by atoms with Crippen LogP contribution in [-0.4, -0.2) is 23.6 Å². The van der Waals surface area contributed by atoms with Gasteiger partial charge in [-0.1, -0.05) is 0 Å². The summed E-state index contributed by atoms with van der Waals surface area (Å²) in [6.07, 6.45) is 0.507. The lowest BCUT2D eigenvalue weighted by Gasteiger charge is -2.08. The van der Waals surface area contributed by atoms with Crippen LogP contribution in [0.25, 0.3) is 0 Å². The van der Waals surface area contributed by atoms with Crippen LogP contribution in [0, 0.1) is 0 Å². The predicted molar refractivity (Wildman–Crippen MR) is 61.8 cm³/mol. The van der Waals surface area contributed by atoms with Gasteiger partial charge in [-0.15, -0.1) is 0 Å². The van der Waals surface area contributed by atoms with Gasteiger partial charge in [0, 0.05) is 22.3 Å². The van der Waals surface area contributed by atoms with E-state index in [1.807, 2.05) is 0 Å². The third kappa shape index (κ3) is 2.53. The number of ketones is 3. The van der Waals surface area contributed by atoms with Crippen LogP contribution < -0.4 is 0 Å². The Hall–Kier alpha value is -2.10. The Morgan fingerprint density at radius 3 is 1.59 bits per heavy atom. The lowest BCUT2D eigenvalue weighted by atomic mass is 9.93. The summed E-state index contributed by atoms with van der Waals surface area (Å²) >= 11 is 0. The maximum Gasteiger partial charge on any atom is 0.160 e. The van der Waals surface area contributed by atoms with Gasteiger partial charge in [0.05, 0.1) is 0 Å². The molecule has 0 heterocycles. The fourth-order valence-corrected chi connectivity index (χ4v) is 1.60. The van der Waals surface area contributed by atoms with Gasteiger partial charge in [0.1, 0.15) is 0 Å². The fourth-order valence-electron chi connectivity index (χ4n) is 1.60. The van der Waals surface area contributed by atoms with Gasteiger partial charge in [-0.25, -0.2) is 0 Å². The SMILES string of the molecule is CC(=O)c1cc(C(C)=O)c(C(C)=O)cc1C=O. The van der Waals surface area contributed by atoms with Gasteiger partial charge in [-0.3, -0.25) is 19.2 Å². The Labute approximate surface area is 98.6 Å².